The lowest BCUT2D eigenvalue weighted by Gasteiger charge is -2.07. The van der Waals surface area contributed by atoms with E-state index in [0.717, 1.165) is 38.2 Å². The summed E-state index contributed by atoms with van der Waals surface area (Å²) < 4.78 is 5.16. The Morgan fingerprint density at radius 1 is 1.10 bits per heavy atom. The predicted molar refractivity (Wildman–Crippen MR) is 87.0 cm³/mol. The molecule has 21 heavy (non-hydrogen) atoms. The highest BCUT2D eigenvalue weighted by Crippen LogP contribution is 2.23. The number of anilines is 1. The van der Waals surface area contributed by atoms with Gasteiger partial charge in [0, 0.05) is 18.8 Å². The third kappa shape index (κ3) is 3.56. The number of rotatable bonds is 6. The number of hydrogen-bond donors (Lipinski definition) is 2. The molecule has 3 nitrogen and oxygen atoms in total. The molecule has 1 aliphatic rings. The normalized spacial score (nSPS) is 12.8. The second-order valence-electron chi connectivity index (χ2n) is 5.44. The number of ether oxygens (including phenoxy) is 1. The Morgan fingerprint density at radius 3 is 2.71 bits per heavy atom. The van der Waals surface area contributed by atoms with Gasteiger partial charge in [-0.3, -0.25) is 0 Å². The Hall–Kier alpha value is -2.00. The van der Waals surface area contributed by atoms with Crippen molar-refractivity contribution in [3.8, 4) is 5.75 Å². The molecule has 1 aliphatic heterocycles. The molecule has 110 valence electrons. The van der Waals surface area contributed by atoms with Crippen LogP contribution >= 0.6 is 0 Å². The van der Waals surface area contributed by atoms with Crippen LogP contribution < -0.4 is 15.4 Å². The van der Waals surface area contributed by atoms with E-state index >= 15 is 0 Å². The smallest absolute Gasteiger partial charge is 0.118 e. The van der Waals surface area contributed by atoms with Crippen molar-refractivity contribution >= 4 is 5.69 Å². The lowest BCUT2D eigenvalue weighted by atomic mass is 10.1. The van der Waals surface area contributed by atoms with E-state index in [0.29, 0.717) is 0 Å². The molecule has 0 radical (unpaired) electrons. The molecular weight excluding hydrogens is 260 g/mol. The van der Waals surface area contributed by atoms with Gasteiger partial charge in [-0.05, 0) is 54.3 Å². The predicted octanol–water partition coefficient (Wildman–Crippen LogP) is 3.00. The summed E-state index contributed by atoms with van der Waals surface area (Å²) in [5.74, 6) is 0.908. The Balaban J connectivity index is 1.45. The molecule has 0 spiro atoms. The van der Waals surface area contributed by atoms with Crippen molar-refractivity contribution in [1.29, 1.82) is 0 Å². The van der Waals surface area contributed by atoms with Crippen LogP contribution in [0, 0.1) is 0 Å². The van der Waals surface area contributed by atoms with Crippen LogP contribution in [0.25, 0.3) is 0 Å². The minimum Gasteiger partial charge on any atom is -0.497 e. The quantitative estimate of drug-likeness (QED) is 0.799. The van der Waals surface area contributed by atoms with Gasteiger partial charge in [0.1, 0.15) is 5.75 Å². The molecule has 0 atom stereocenters. The molecule has 0 bridgehead atoms. The van der Waals surface area contributed by atoms with Crippen molar-refractivity contribution in [2.45, 2.75) is 19.4 Å². The molecule has 3 heteroatoms. The summed E-state index contributed by atoms with van der Waals surface area (Å²) in [6.07, 6.45) is 2.23. The van der Waals surface area contributed by atoms with Crippen molar-refractivity contribution in [3.05, 3.63) is 59.2 Å². The number of fused-ring (bicyclic) bond motifs is 1. The van der Waals surface area contributed by atoms with E-state index < -0.39 is 0 Å². The van der Waals surface area contributed by atoms with Gasteiger partial charge in [-0.25, -0.2) is 0 Å². The maximum atomic E-state index is 5.16. The molecule has 3 rings (SSSR count). The molecule has 0 aromatic heterocycles. The Bertz CT molecular complexity index is 593. The van der Waals surface area contributed by atoms with Gasteiger partial charge in [0.05, 0.1) is 7.11 Å². The molecule has 1 heterocycles. The van der Waals surface area contributed by atoms with Crippen LogP contribution in [0.5, 0.6) is 5.75 Å². The van der Waals surface area contributed by atoms with Crippen LogP contribution in [0.15, 0.2) is 42.5 Å². The van der Waals surface area contributed by atoms with Gasteiger partial charge in [-0.15, -0.1) is 0 Å². The van der Waals surface area contributed by atoms with Crippen molar-refractivity contribution in [2.75, 3.05) is 25.5 Å². The van der Waals surface area contributed by atoms with E-state index in [4.69, 9.17) is 4.74 Å². The molecule has 2 N–H and O–H groups in total. The van der Waals surface area contributed by atoms with Gasteiger partial charge in [-0.1, -0.05) is 24.3 Å². The summed E-state index contributed by atoms with van der Waals surface area (Å²) in [5, 5.41) is 6.90. The first-order valence-corrected chi connectivity index (χ1v) is 7.54. The highest BCUT2D eigenvalue weighted by Gasteiger charge is 2.09. The SMILES string of the molecule is COc1ccc(CNCCc2ccc3c(c2)CCN3)cc1. The van der Waals surface area contributed by atoms with E-state index in [-0.39, 0.29) is 0 Å². The lowest BCUT2D eigenvalue weighted by Crippen LogP contribution is -2.16. The van der Waals surface area contributed by atoms with E-state index in [2.05, 4.69) is 41.0 Å². The summed E-state index contributed by atoms with van der Waals surface area (Å²) in [7, 11) is 1.69. The third-order valence-corrected chi connectivity index (χ3v) is 3.96. The number of benzene rings is 2. The van der Waals surface area contributed by atoms with E-state index in [1.807, 2.05) is 12.1 Å². The highest BCUT2D eigenvalue weighted by atomic mass is 16.5. The van der Waals surface area contributed by atoms with Crippen LogP contribution in [-0.4, -0.2) is 20.2 Å². The van der Waals surface area contributed by atoms with E-state index in [1.54, 1.807) is 7.11 Å². The Morgan fingerprint density at radius 2 is 1.90 bits per heavy atom. The van der Waals surface area contributed by atoms with Crippen molar-refractivity contribution < 1.29 is 4.74 Å². The van der Waals surface area contributed by atoms with Crippen molar-refractivity contribution in [2.24, 2.45) is 0 Å². The molecule has 2 aromatic carbocycles. The minimum absolute atomic E-state index is 0.899. The van der Waals surface area contributed by atoms with E-state index in [1.165, 1.54) is 22.4 Å². The van der Waals surface area contributed by atoms with E-state index in [9.17, 15) is 0 Å². The molecular formula is C18H22N2O. The summed E-state index contributed by atoms with van der Waals surface area (Å²) in [6.45, 7) is 2.98. The fraction of sp³-hybridized carbons (Fsp3) is 0.333. The average molecular weight is 282 g/mol. The Labute approximate surface area is 126 Å². The van der Waals surface area contributed by atoms with Gasteiger partial charge >= 0.3 is 0 Å². The summed E-state index contributed by atoms with van der Waals surface area (Å²) in [4.78, 5) is 0. The van der Waals surface area contributed by atoms with Gasteiger partial charge in [0.2, 0.25) is 0 Å². The zero-order valence-corrected chi connectivity index (χ0v) is 12.5. The molecule has 0 saturated carbocycles. The van der Waals surface area contributed by atoms with Crippen LogP contribution in [0.2, 0.25) is 0 Å². The van der Waals surface area contributed by atoms with Gasteiger partial charge in [0.15, 0.2) is 0 Å². The zero-order valence-electron chi connectivity index (χ0n) is 12.5. The van der Waals surface area contributed by atoms with Crippen LogP contribution in [0.3, 0.4) is 0 Å². The minimum atomic E-state index is 0.899. The molecule has 0 unspecified atom stereocenters. The largest absolute Gasteiger partial charge is 0.497 e. The third-order valence-electron chi connectivity index (χ3n) is 3.96. The lowest BCUT2D eigenvalue weighted by molar-refractivity contribution is 0.414. The van der Waals surface area contributed by atoms with Gasteiger partial charge < -0.3 is 15.4 Å². The maximum Gasteiger partial charge on any atom is 0.118 e. The fourth-order valence-corrected chi connectivity index (χ4v) is 2.72. The number of hydrogen-bond acceptors (Lipinski definition) is 3. The number of methoxy groups -OCH3 is 1. The molecule has 2 aromatic rings. The summed E-state index contributed by atoms with van der Waals surface area (Å²) in [5.41, 5.74) is 5.47. The maximum absolute atomic E-state index is 5.16. The average Bonchev–Trinajstić information content (AvgIpc) is 3.00. The molecule has 0 saturated heterocycles. The van der Waals surface area contributed by atoms with Gasteiger partial charge in [0.25, 0.3) is 0 Å². The monoisotopic (exact) mass is 282 g/mol. The molecule has 0 fully saturated rings. The summed E-state index contributed by atoms with van der Waals surface area (Å²) >= 11 is 0. The molecule has 0 amide bonds. The van der Waals surface area contributed by atoms with Gasteiger partial charge in [-0.2, -0.15) is 0 Å². The van der Waals surface area contributed by atoms with Crippen LogP contribution in [0.1, 0.15) is 16.7 Å². The van der Waals surface area contributed by atoms with Crippen molar-refractivity contribution in [1.82, 2.24) is 5.32 Å². The molecule has 0 aliphatic carbocycles. The highest BCUT2D eigenvalue weighted by molar-refractivity contribution is 5.56. The topological polar surface area (TPSA) is 33.3 Å². The van der Waals surface area contributed by atoms with Crippen LogP contribution in [-0.2, 0) is 19.4 Å². The first kappa shape index (κ1) is 14.0. The standard InChI is InChI=1S/C18H22N2O/c1-21-17-5-2-15(3-6-17)13-19-10-8-14-4-7-18-16(12-14)9-11-20-18/h2-7,12,19-20H,8-11,13H2,1H3. The zero-order chi connectivity index (χ0) is 14.5. The summed E-state index contributed by atoms with van der Waals surface area (Å²) in [6, 6.07) is 15.0. The Kier molecular flexibility index (Phi) is 4.41. The fourth-order valence-electron chi connectivity index (χ4n) is 2.72. The first-order valence-electron chi connectivity index (χ1n) is 7.54. The van der Waals surface area contributed by atoms with Crippen LogP contribution in [0.4, 0.5) is 5.69 Å². The number of nitrogens with one attached hydrogen (secondary N) is 2. The first-order chi connectivity index (χ1) is 10.3. The second-order valence-corrected chi connectivity index (χ2v) is 5.44. The van der Waals surface area contributed by atoms with Crippen molar-refractivity contribution in [3.63, 3.8) is 0 Å². The second kappa shape index (κ2) is 6.64.